The summed E-state index contributed by atoms with van der Waals surface area (Å²) in [6.07, 6.45) is 3.69. The van der Waals surface area contributed by atoms with Crippen molar-refractivity contribution in [2.45, 2.75) is 13.3 Å². The van der Waals surface area contributed by atoms with Gasteiger partial charge in [-0.15, -0.1) is 0 Å². The van der Waals surface area contributed by atoms with Crippen molar-refractivity contribution in [2.24, 2.45) is 0 Å². The van der Waals surface area contributed by atoms with E-state index in [9.17, 15) is 4.79 Å². The van der Waals surface area contributed by atoms with Gasteiger partial charge in [0.1, 0.15) is 6.29 Å². The summed E-state index contributed by atoms with van der Waals surface area (Å²) in [6.45, 7) is 2.03. The molecule has 0 aliphatic carbocycles. The zero-order valence-electron chi connectivity index (χ0n) is 10.5. The molecule has 0 radical (unpaired) electrons. The molecular formula is C17H16O. The first kappa shape index (κ1) is 12.3. The Labute approximate surface area is 108 Å². The van der Waals surface area contributed by atoms with Crippen LogP contribution in [0.15, 0.2) is 60.7 Å². The number of carbonyl (C=O) groups is 1. The molecule has 2 aromatic rings. The van der Waals surface area contributed by atoms with E-state index in [1.807, 2.05) is 55.5 Å². The molecule has 0 saturated carbocycles. The van der Waals surface area contributed by atoms with Gasteiger partial charge in [-0.3, -0.25) is 4.79 Å². The number of allylic oxidation sites excluding steroid dienone is 2. The first-order chi connectivity index (χ1) is 8.79. The fourth-order valence-electron chi connectivity index (χ4n) is 1.90. The van der Waals surface area contributed by atoms with Crippen LogP contribution >= 0.6 is 0 Å². The molecule has 0 unspecified atom stereocenters. The molecule has 0 aromatic heterocycles. The average Bonchev–Trinajstić information content (AvgIpc) is 2.41. The fourth-order valence-corrected chi connectivity index (χ4v) is 1.90. The summed E-state index contributed by atoms with van der Waals surface area (Å²) < 4.78 is 0. The van der Waals surface area contributed by atoms with Gasteiger partial charge in [-0.05, 0) is 24.5 Å². The van der Waals surface area contributed by atoms with Gasteiger partial charge >= 0.3 is 0 Å². The van der Waals surface area contributed by atoms with Gasteiger partial charge < -0.3 is 0 Å². The van der Waals surface area contributed by atoms with E-state index in [0.29, 0.717) is 0 Å². The molecule has 2 rings (SSSR count). The van der Waals surface area contributed by atoms with Crippen molar-refractivity contribution >= 4 is 11.9 Å². The molecule has 1 heteroatoms. The third kappa shape index (κ3) is 3.17. The molecule has 2 aromatic carbocycles. The lowest BCUT2D eigenvalue weighted by Crippen LogP contribution is -1.89. The average molecular weight is 236 g/mol. The molecule has 90 valence electrons. The smallest absolute Gasteiger partial charge is 0.150 e. The van der Waals surface area contributed by atoms with Crippen LogP contribution in [0.25, 0.3) is 5.57 Å². The van der Waals surface area contributed by atoms with Crippen molar-refractivity contribution in [3.8, 4) is 0 Å². The van der Waals surface area contributed by atoms with E-state index >= 15 is 0 Å². The molecule has 0 bridgehead atoms. The second-order valence-corrected chi connectivity index (χ2v) is 4.34. The van der Waals surface area contributed by atoms with Gasteiger partial charge in [-0.25, -0.2) is 0 Å². The van der Waals surface area contributed by atoms with Crippen LogP contribution in [0.5, 0.6) is 0 Å². The first-order valence-electron chi connectivity index (χ1n) is 6.06. The van der Waals surface area contributed by atoms with Crippen LogP contribution < -0.4 is 0 Å². The zero-order valence-corrected chi connectivity index (χ0v) is 10.5. The van der Waals surface area contributed by atoms with Gasteiger partial charge in [-0.1, -0.05) is 66.2 Å². The Morgan fingerprint density at radius 2 is 1.83 bits per heavy atom. The lowest BCUT2D eigenvalue weighted by atomic mass is 10.0. The second-order valence-electron chi connectivity index (χ2n) is 4.34. The van der Waals surface area contributed by atoms with E-state index < -0.39 is 0 Å². The Bertz CT molecular complexity index is 553. The van der Waals surface area contributed by atoms with Crippen LogP contribution in [0.4, 0.5) is 0 Å². The quantitative estimate of drug-likeness (QED) is 0.582. The van der Waals surface area contributed by atoms with Gasteiger partial charge in [0.05, 0.1) is 0 Å². The molecule has 0 fully saturated rings. The van der Waals surface area contributed by atoms with Gasteiger partial charge in [0, 0.05) is 5.57 Å². The third-order valence-corrected chi connectivity index (χ3v) is 2.88. The van der Waals surface area contributed by atoms with E-state index in [0.717, 1.165) is 23.8 Å². The second kappa shape index (κ2) is 5.97. The minimum atomic E-state index is 0.752. The van der Waals surface area contributed by atoms with Crippen molar-refractivity contribution in [3.05, 3.63) is 77.4 Å². The Hall–Kier alpha value is -2.15. The fraction of sp³-hybridized carbons (Fsp3) is 0.118. The Morgan fingerprint density at radius 1 is 1.06 bits per heavy atom. The van der Waals surface area contributed by atoms with Crippen LogP contribution in [0, 0.1) is 6.92 Å². The van der Waals surface area contributed by atoms with Crippen LogP contribution in [-0.2, 0) is 11.2 Å². The molecule has 0 atom stereocenters. The topological polar surface area (TPSA) is 17.1 Å². The standard InChI is InChI=1S/C17H16O/c1-14-6-5-9-16(12-14)17(13-18)11-10-15-7-3-2-4-8-15/h2-9,11-13H,10H2,1H3. The maximum absolute atomic E-state index is 11.2. The van der Waals surface area contributed by atoms with E-state index in [-0.39, 0.29) is 0 Å². The monoisotopic (exact) mass is 236 g/mol. The predicted molar refractivity (Wildman–Crippen MR) is 75.4 cm³/mol. The van der Waals surface area contributed by atoms with Crippen molar-refractivity contribution in [1.82, 2.24) is 0 Å². The van der Waals surface area contributed by atoms with Crippen LogP contribution in [0.2, 0.25) is 0 Å². The highest BCUT2D eigenvalue weighted by atomic mass is 16.1. The molecule has 0 spiro atoms. The maximum Gasteiger partial charge on any atom is 0.150 e. The lowest BCUT2D eigenvalue weighted by molar-refractivity contribution is -0.103. The van der Waals surface area contributed by atoms with Crippen molar-refractivity contribution in [3.63, 3.8) is 0 Å². The largest absolute Gasteiger partial charge is 0.298 e. The minimum Gasteiger partial charge on any atom is -0.298 e. The highest BCUT2D eigenvalue weighted by Gasteiger charge is 2.00. The highest BCUT2D eigenvalue weighted by Crippen LogP contribution is 2.15. The summed E-state index contributed by atoms with van der Waals surface area (Å²) >= 11 is 0. The van der Waals surface area contributed by atoms with Gasteiger partial charge in [0.2, 0.25) is 0 Å². The number of rotatable bonds is 4. The van der Waals surface area contributed by atoms with Crippen molar-refractivity contribution in [1.29, 1.82) is 0 Å². The van der Waals surface area contributed by atoms with Crippen molar-refractivity contribution < 1.29 is 4.79 Å². The first-order valence-corrected chi connectivity index (χ1v) is 6.06. The Balaban J connectivity index is 2.21. The molecule has 0 aliphatic rings. The molecule has 18 heavy (non-hydrogen) atoms. The van der Waals surface area contributed by atoms with Crippen molar-refractivity contribution in [2.75, 3.05) is 0 Å². The Kier molecular flexibility index (Phi) is 4.08. The van der Waals surface area contributed by atoms with Gasteiger partial charge in [0.15, 0.2) is 0 Å². The number of aldehydes is 1. The third-order valence-electron chi connectivity index (χ3n) is 2.88. The van der Waals surface area contributed by atoms with E-state index in [1.54, 1.807) is 0 Å². The van der Waals surface area contributed by atoms with E-state index in [1.165, 1.54) is 11.1 Å². The van der Waals surface area contributed by atoms with Crippen LogP contribution in [0.1, 0.15) is 16.7 Å². The van der Waals surface area contributed by atoms with E-state index in [4.69, 9.17) is 0 Å². The normalized spacial score (nSPS) is 11.3. The summed E-state index contributed by atoms with van der Waals surface area (Å²) in [6, 6.07) is 18.2. The minimum absolute atomic E-state index is 0.752. The zero-order chi connectivity index (χ0) is 12.8. The van der Waals surface area contributed by atoms with E-state index in [2.05, 4.69) is 12.1 Å². The summed E-state index contributed by atoms with van der Waals surface area (Å²) in [4.78, 5) is 11.2. The summed E-state index contributed by atoms with van der Waals surface area (Å²) in [7, 11) is 0. The molecular weight excluding hydrogens is 220 g/mol. The number of hydrogen-bond acceptors (Lipinski definition) is 1. The Morgan fingerprint density at radius 3 is 2.50 bits per heavy atom. The summed E-state index contributed by atoms with van der Waals surface area (Å²) in [5.41, 5.74) is 4.12. The van der Waals surface area contributed by atoms with Gasteiger partial charge in [-0.2, -0.15) is 0 Å². The number of carbonyl (C=O) groups excluding carboxylic acids is 1. The molecule has 0 aliphatic heterocycles. The predicted octanol–water partition coefficient (Wildman–Crippen LogP) is 3.82. The number of benzene rings is 2. The SMILES string of the molecule is Cc1cccc(C(C=O)=CCc2ccccc2)c1. The molecule has 0 heterocycles. The molecule has 0 amide bonds. The van der Waals surface area contributed by atoms with Crippen LogP contribution in [-0.4, -0.2) is 6.29 Å². The lowest BCUT2D eigenvalue weighted by Gasteiger charge is -2.02. The molecule has 0 saturated heterocycles. The molecule has 1 nitrogen and oxygen atoms in total. The summed E-state index contributed by atoms with van der Waals surface area (Å²) in [5.74, 6) is 0. The molecule has 0 N–H and O–H groups in total. The van der Waals surface area contributed by atoms with Crippen LogP contribution in [0.3, 0.4) is 0 Å². The van der Waals surface area contributed by atoms with Gasteiger partial charge in [0.25, 0.3) is 0 Å². The summed E-state index contributed by atoms with van der Waals surface area (Å²) in [5, 5.41) is 0. The maximum atomic E-state index is 11.2. The highest BCUT2D eigenvalue weighted by molar-refractivity contribution is 6.06. The number of hydrogen-bond donors (Lipinski definition) is 0. The number of aryl methyl sites for hydroxylation is 1.